The minimum Gasteiger partial charge on any atom is -0.477 e. The molecule has 0 aliphatic carbocycles. The first-order chi connectivity index (χ1) is 7.61. The minimum absolute atomic E-state index is 0.0463. The first-order valence-corrected chi connectivity index (χ1v) is 4.94. The maximum atomic E-state index is 13.0. The Kier molecular flexibility index (Phi) is 2.56. The molecule has 0 aliphatic heterocycles. The summed E-state index contributed by atoms with van der Waals surface area (Å²) in [6.07, 6.45) is 0.685. The number of fused-ring (bicyclic) bond motifs is 1. The fourth-order valence-electron chi connectivity index (χ4n) is 1.68. The number of aromatic carboxylic acids is 1. The topological polar surface area (TPSA) is 50.2 Å². The number of hydrogen-bond donors (Lipinski definition) is 1. The number of carbonyl (C=O) groups is 1. The van der Waals surface area contributed by atoms with Crippen LogP contribution in [0, 0.1) is 5.82 Å². The quantitative estimate of drug-likeness (QED) is 0.844. The normalized spacial score (nSPS) is 10.6. The van der Waals surface area contributed by atoms with Crippen molar-refractivity contribution >= 4 is 16.9 Å². The van der Waals surface area contributed by atoms with Gasteiger partial charge in [-0.15, -0.1) is 0 Å². The van der Waals surface area contributed by atoms with E-state index in [1.165, 1.54) is 18.2 Å². The van der Waals surface area contributed by atoms with Gasteiger partial charge in [0.25, 0.3) is 0 Å². The molecule has 1 heterocycles. The van der Waals surface area contributed by atoms with Crippen LogP contribution in [0.3, 0.4) is 0 Å². The Bertz CT molecular complexity index is 566. The molecule has 0 radical (unpaired) electrons. The summed E-state index contributed by atoms with van der Waals surface area (Å²) in [4.78, 5) is 14.7. The number of pyridine rings is 1. The van der Waals surface area contributed by atoms with Gasteiger partial charge in [0.15, 0.2) is 0 Å². The molecule has 0 atom stereocenters. The number of aromatic nitrogens is 1. The van der Waals surface area contributed by atoms with E-state index < -0.39 is 11.8 Å². The summed E-state index contributed by atoms with van der Waals surface area (Å²) >= 11 is 0. The van der Waals surface area contributed by atoms with Crippen molar-refractivity contribution < 1.29 is 14.3 Å². The summed E-state index contributed by atoms with van der Waals surface area (Å²) in [5.74, 6) is -1.51. The van der Waals surface area contributed by atoms with Crippen molar-refractivity contribution in [3.8, 4) is 0 Å². The van der Waals surface area contributed by atoms with Crippen LogP contribution in [-0.4, -0.2) is 16.1 Å². The lowest BCUT2D eigenvalue weighted by atomic mass is 10.1. The van der Waals surface area contributed by atoms with Crippen LogP contribution in [-0.2, 0) is 6.42 Å². The van der Waals surface area contributed by atoms with Crippen LogP contribution in [0.15, 0.2) is 24.3 Å². The maximum Gasteiger partial charge on any atom is 0.354 e. The highest BCUT2D eigenvalue weighted by Crippen LogP contribution is 2.20. The van der Waals surface area contributed by atoms with Crippen LogP contribution in [0.5, 0.6) is 0 Å². The molecule has 0 spiro atoms. The molecular formula is C12H10FNO2. The van der Waals surface area contributed by atoms with Crippen molar-refractivity contribution in [3.05, 3.63) is 41.3 Å². The summed E-state index contributed by atoms with van der Waals surface area (Å²) in [7, 11) is 0. The molecule has 2 aromatic rings. The molecule has 0 amide bonds. The predicted octanol–water partition coefficient (Wildman–Crippen LogP) is 2.63. The second kappa shape index (κ2) is 3.89. The Morgan fingerprint density at radius 1 is 1.44 bits per heavy atom. The van der Waals surface area contributed by atoms with Gasteiger partial charge in [-0.25, -0.2) is 14.2 Å². The van der Waals surface area contributed by atoms with Crippen LogP contribution in [0.2, 0.25) is 0 Å². The number of carboxylic acid groups (broad SMARTS) is 1. The molecule has 1 aromatic carbocycles. The largest absolute Gasteiger partial charge is 0.477 e. The lowest BCUT2D eigenvalue weighted by molar-refractivity contribution is 0.0691. The third-order valence-electron chi connectivity index (χ3n) is 2.46. The minimum atomic E-state index is -1.10. The Labute approximate surface area is 91.5 Å². The third-order valence-corrected chi connectivity index (χ3v) is 2.46. The van der Waals surface area contributed by atoms with Crippen LogP contribution in [0.25, 0.3) is 10.9 Å². The fraction of sp³-hybridized carbons (Fsp3) is 0.167. The van der Waals surface area contributed by atoms with Gasteiger partial charge in [-0.2, -0.15) is 0 Å². The third kappa shape index (κ3) is 1.74. The molecule has 4 heteroatoms. The van der Waals surface area contributed by atoms with Crippen LogP contribution in [0.4, 0.5) is 4.39 Å². The summed E-state index contributed by atoms with van der Waals surface area (Å²) in [6.45, 7) is 1.92. The molecule has 1 N–H and O–H groups in total. The number of benzene rings is 1. The standard InChI is InChI=1S/C12H10FNO2/c1-2-7-5-11(12(15)16)14-10-6-8(13)3-4-9(7)10/h3-6H,2H2,1H3,(H,15,16). The number of carboxylic acids is 1. The fourth-order valence-corrected chi connectivity index (χ4v) is 1.68. The number of rotatable bonds is 2. The van der Waals surface area contributed by atoms with Gasteiger partial charge in [0.05, 0.1) is 5.52 Å². The zero-order chi connectivity index (χ0) is 11.7. The average Bonchev–Trinajstić information content (AvgIpc) is 2.26. The zero-order valence-electron chi connectivity index (χ0n) is 8.70. The van der Waals surface area contributed by atoms with Crippen molar-refractivity contribution in [1.82, 2.24) is 4.98 Å². The number of aryl methyl sites for hydroxylation is 1. The molecule has 2 rings (SSSR count). The molecule has 0 unspecified atom stereocenters. The van der Waals surface area contributed by atoms with E-state index in [0.717, 1.165) is 10.9 Å². The number of nitrogens with zero attached hydrogens (tertiary/aromatic N) is 1. The van der Waals surface area contributed by atoms with E-state index in [2.05, 4.69) is 4.98 Å². The van der Waals surface area contributed by atoms with Gasteiger partial charge >= 0.3 is 5.97 Å². The molecule has 0 saturated carbocycles. The van der Waals surface area contributed by atoms with Gasteiger partial charge in [0, 0.05) is 11.5 Å². The number of hydrogen-bond acceptors (Lipinski definition) is 2. The smallest absolute Gasteiger partial charge is 0.354 e. The van der Waals surface area contributed by atoms with Gasteiger partial charge in [-0.05, 0) is 30.2 Å². The highest BCUT2D eigenvalue weighted by atomic mass is 19.1. The van der Waals surface area contributed by atoms with E-state index in [9.17, 15) is 9.18 Å². The van der Waals surface area contributed by atoms with E-state index in [1.807, 2.05) is 6.92 Å². The van der Waals surface area contributed by atoms with Gasteiger partial charge in [0.1, 0.15) is 11.5 Å². The van der Waals surface area contributed by atoms with Gasteiger partial charge in [-0.3, -0.25) is 0 Å². The van der Waals surface area contributed by atoms with E-state index in [-0.39, 0.29) is 5.69 Å². The molecule has 0 saturated heterocycles. The molecule has 82 valence electrons. The molecule has 0 aliphatic rings. The van der Waals surface area contributed by atoms with Crippen molar-refractivity contribution in [1.29, 1.82) is 0 Å². The van der Waals surface area contributed by atoms with Crippen molar-refractivity contribution in [2.24, 2.45) is 0 Å². The van der Waals surface area contributed by atoms with Crippen LogP contribution < -0.4 is 0 Å². The second-order valence-electron chi connectivity index (χ2n) is 3.49. The van der Waals surface area contributed by atoms with Crippen LogP contribution in [0.1, 0.15) is 23.0 Å². The summed E-state index contributed by atoms with van der Waals surface area (Å²) in [5, 5.41) is 9.68. The lowest BCUT2D eigenvalue weighted by Crippen LogP contribution is -2.02. The van der Waals surface area contributed by atoms with E-state index in [4.69, 9.17) is 5.11 Å². The second-order valence-corrected chi connectivity index (χ2v) is 3.49. The Morgan fingerprint density at radius 3 is 2.81 bits per heavy atom. The zero-order valence-corrected chi connectivity index (χ0v) is 8.70. The van der Waals surface area contributed by atoms with E-state index >= 15 is 0 Å². The molecule has 1 aromatic heterocycles. The monoisotopic (exact) mass is 219 g/mol. The van der Waals surface area contributed by atoms with Crippen molar-refractivity contribution in [3.63, 3.8) is 0 Å². The van der Waals surface area contributed by atoms with Gasteiger partial charge in [-0.1, -0.05) is 6.92 Å². The first-order valence-electron chi connectivity index (χ1n) is 4.94. The molecule has 16 heavy (non-hydrogen) atoms. The highest BCUT2D eigenvalue weighted by Gasteiger charge is 2.10. The first kappa shape index (κ1) is 10.5. The van der Waals surface area contributed by atoms with Gasteiger partial charge in [0.2, 0.25) is 0 Å². The Morgan fingerprint density at radius 2 is 2.19 bits per heavy atom. The highest BCUT2D eigenvalue weighted by molar-refractivity contribution is 5.91. The predicted molar refractivity (Wildman–Crippen MR) is 58.0 cm³/mol. The van der Waals surface area contributed by atoms with E-state index in [0.29, 0.717) is 11.9 Å². The molecular weight excluding hydrogens is 209 g/mol. The van der Waals surface area contributed by atoms with Crippen LogP contribution >= 0.6 is 0 Å². The molecule has 0 bridgehead atoms. The lowest BCUT2D eigenvalue weighted by Gasteiger charge is -2.05. The Hall–Kier alpha value is -1.97. The van der Waals surface area contributed by atoms with Gasteiger partial charge < -0.3 is 5.11 Å². The average molecular weight is 219 g/mol. The van der Waals surface area contributed by atoms with E-state index in [1.54, 1.807) is 6.07 Å². The summed E-state index contributed by atoms with van der Waals surface area (Å²) < 4.78 is 13.0. The van der Waals surface area contributed by atoms with Crippen molar-refractivity contribution in [2.75, 3.05) is 0 Å². The van der Waals surface area contributed by atoms with Crippen molar-refractivity contribution in [2.45, 2.75) is 13.3 Å². The summed E-state index contributed by atoms with van der Waals surface area (Å²) in [5.41, 5.74) is 1.20. The Balaban J connectivity index is 2.78. The molecule has 0 fully saturated rings. The SMILES string of the molecule is CCc1cc(C(=O)O)nc2cc(F)ccc12. The maximum absolute atomic E-state index is 13.0. The summed E-state index contributed by atoms with van der Waals surface area (Å²) in [6, 6.07) is 5.76. The number of halogens is 1. The molecule has 3 nitrogen and oxygen atoms in total.